The van der Waals surface area contributed by atoms with Gasteiger partial charge in [0.15, 0.2) is 0 Å². The molecule has 0 aliphatic heterocycles. The van der Waals surface area contributed by atoms with Crippen molar-refractivity contribution in [1.82, 2.24) is 10.6 Å². The van der Waals surface area contributed by atoms with Crippen LogP contribution < -0.4 is 10.6 Å². The van der Waals surface area contributed by atoms with E-state index >= 15 is 0 Å². The number of rotatable bonds is 6. The number of carbonyl (C=O) groups excluding carboxylic acids is 1. The predicted octanol–water partition coefficient (Wildman–Crippen LogP) is 2.00. The van der Waals surface area contributed by atoms with Crippen LogP contribution in [-0.2, 0) is 6.42 Å². The first-order valence-corrected chi connectivity index (χ1v) is 6.79. The van der Waals surface area contributed by atoms with Gasteiger partial charge in [0, 0.05) is 12.6 Å². The Morgan fingerprint density at radius 3 is 2.47 bits per heavy atom. The second-order valence-electron chi connectivity index (χ2n) is 5.00. The Kier molecular flexibility index (Phi) is 6.36. The summed E-state index contributed by atoms with van der Waals surface area (Å²) in [5, 5.41) is 14.7. The Labute approximate surface area is 115 Å². The standard InChI is InChI=1S/C15H24N2O2/c1-4-14(17-15(19)16-10-12(3)18)9-13-7-5-11(2)6-8-13/h5-8,12,14,18H,4,9-10H2,1-3H3,(H2,16,17,19)/t12-,14?/m0/s1. The highest BCUT2D eigenvalue weighted by molar-refractivity contribution is 5.74. The van der Waals surface area contributed by atoms with E-state index in [0.717, 1.165) is 12.8 Å². The molecule has 0 saturated carbocycles. The van der Waals surface area contributed by atoms with Gasteiger partial charge in [0.1, 0.15) is 0 Å². The summed E-state index contributed by atoms with van der Waals surface area (Å²) in [5.41, 5.74) is 2.45. The summed E-state index contributed by atoms with van der Waals surface area (Å²) in [5.74, 6) is 0. The molecule has 19 heavy (non-hydrogen) atoms. The third kappa shape index (κ3) is 6.25. The zero-order valence-electron chi connectivity index (χ0n) is 11.9. The summed E-state index contributed by atoms with van der Waals surface area (Å²) in [6.45, 7) is 6.02. The highest BCUT2D eigenvalue weighted by Gasteiger charge is 2.11. The van der Waals surface area contributed by atoms with E-state index in [1.54, 1.807) is 6.92 Å². The maximum atomic E-state index is 11.6. The van der Waals surface area contributed by atoms with Crippen LogP contribution in [0.1, 0.15) is 31.4 Å². The first-order valence-electron chi connectivity index (χ1n) is 6.79. The Morgan fingerprint density at radius 2 is 1.95 bits per heavy atom. The van der Waals surface area contributed by atoms with E-state index in [1.807, 2.05) is 6.92 Å². The monoisotopic (exact) mass is 264 g/mol. The zero-order valence-corrected chi connectivity index (χ0v) is 11.9. The molecule has 3 N–H and O–H groups in total. The molecule has 0 saturated heterocycles. The maximum absolute atomic E-state index is 11.6. The minimum absolute atomic E-state index is 0.108. The lowest BCUT2D eigenvalue weighted by atomic mass is 10.0. The van der Waals surface area contributed by atoms with Crippen molar-refractivity contribution >= 4 is 6.03 Å². The maximum Gasteiger partial charge on any atom is 0.315 e. The van der Waals surface area contributed by atoms with Crippen molar-refractivity contribution in [3.63, 3.8) is 0 Å². The lowest BCUT2D eigenvalue weighted by Gasteiger charge is -2.18. The van der Waals surface area contributed by atoms with Crippen LogP contribution in [0.25, 0.3) is 0 Å². The zero-order chi connectivity index (χ0) is 14.3. The molecule has 2 atom stereocenters. The van der Waals surface area contributed by atoms with E-state index in [1.165, 1.54) is 11.1 Å². The van der Waals surface area contributed by atoms with E-state index in [2.05, 4.69) is 41.8 Å². The fourth-order valence-electron chi connectivity index (χ4n) is 1.78. The van der Waals surface area contributed by atoms with Gasteiger partial charge in [-0.1, -0.05) is 36.8 Å². The number of hydrogen-bond donors (Lipinski definition) is 3. The average molecular weight is 264 g/mol. The van der Waals surface area contributed by atoms with Crippen LogP contribution in [0.15, 0.2) is 24.3 Å². The molecule has 0 aliphatic carbocycles. The number of aliphatic hydroxyl groups is 1. The van der Waals surface area contributed by atoms with E-state index in [0.29, 0.717) is 0 Å². The largest absolute Gasteiger partial charge is 0.392 e. The molecule has 4 heteroatoms. The van der Waals surface area contributed by atoms with Crippen molar-refractivity contribution in [1.29, 1.82) is 0 Å². The van der Waals surface area contributed by atoms with Gasteiger partial charge in [-0.25, -0.2) is 4.79 Å². The van der Waals surface area contributed by atoms with Crippen molar-refractivity contribution in [2.24, 2.45) is 0 Å². The molecule has 0 aliphatic rings. The van der Waals surface area contributed by atoms with Gasteiger partial charge in [0.05, 0.1) is 6.10 Å². The topological polar surface area (TPSA) is 61.4 Å². The lowest BCUT2D eigenvalue weighted by molar-refractivity contribution is 0.186. The molecule has 0 spiro atoms. The van der Waals surface area contributed by atoms with Crippen molar-refractivity contribution < 1.29 is 9.90 Å². The van der Waals surface area contributed by atoms with Gasteiger partial charge in [-0.3, -0.25) is 0 Å². The Morgan fingerprint density at radius 1 is 1.32 bits per heavy atom. The molecule has 106 valence electrons. The van der Waals surface area contributed by atoms with Gasteiger partial charge < -0.3 is 15.7 Å². The minimum Gasteiger partial charge on any atom is -0.392 e. The molecule has 0 bridgehead atoms. The van der Waals surface area contributed by atoms with Crippen LogP contribution in [0.2, 0.25) is 0 Å². The fraction of sp³-hybridized carbons (Fsp3) is 0.533. The highest BCUT2D eigenvalue weighted by atomic mass is 16.3. The van der Waals surface area contributed by atoms with Gasteiger partial charge in [-0.15, -0.1) is 0 Å². The molecule has 1 unspecified atom stereocenters. The number of carbonyl (C=O) groups is 1. The number of hydrogen-bond acceptors (Lipinski definition) is 2. The molecule has 1 aromatic rings. The van der Waals surface area contributed by atoms with Gasteiger partial charge in [-0.05, 0) is 32.3 Å². The van der Waals surface area contributed by atoms with Crippen molar-refractivity contribution in [2.45, 2.75) is 45.8 Å². The second-order valence-corrected chi connectivity index (χ2v) is 5.00. The molecule has 4 nitrogen and oxygen atoms in total. The van der Waals surface area contributed by atoms with E-state index in [4.69, 9.17) is 5.11 Å². The number of aryl methyl sites for hydroxylation is 1. The van der Waals surface area contributed by atoms with Crippen LogP contribution in [0.4, 0.5) is 4.79 Å². The molecule has 0 aromatic heterocycles. The van der Waals surface area contributed by atoms with Crippen molar-refractivity contribution in [3.05, 3.63) is 35.4 Å². The molecular formula is C15H24N2O2. The summed E-state index contributed by atoms with van der Waals surface area (Å²) in [6, 6.07) is 8.22. The van der Waals surface area contributed by atoms with E-state index in [9.17, 15) is 4.79 Å². The van der Waals surface area contributed by atoms with Crippen molar-refractivity contribution in [2.75, 3.05) is 6.54 Å². The van der Waals surface area contributed by atoms with Gasteiger partial charge in [0.2, 0.25) is 0 Å². The number of amides is 2. The molecule has 0 fully saturated rings. The molecule has 1 rings (SSSR count). The van der Waals surface area contributed by atoms with Gasteiger partial charge in [-0.2, -0.15) is 0 Å². The number of urea groups is 1. The first kappa shape index (κ1) is 15.5. The molecule has 2 amide bonds. The minimum atomic E-state index is -0.525. The summed E-state index contributed by atoms with van der Waals surface area (Å²) in [7, 11) is 0. The Bertz CT molecular complexity index is 388. The summed E-state index contributed by atoms with van der Waals surface area (Å²) in [4.78, 5) is 11.6. The van der Waals surface area contributed by atoms with E-state index in [-0.39, 0.29) is 18.6 Å². The Hall–Kier alpha value is -1.55. The molecule has 0 heterocycles. The summed E-state index contributed by atoms with van der Waals surface area (Å²) < 4.78 is 0. The average Bonchev–Trinajstić information content (AvgIpc) is 2.38. The van der Waals surface area contributed by atoms with Crippen LogP contribution in [0.5, 0.6) is 0 Å². The third-order valence-corrected chi connectivity index (χ3v) is 2.99. The number of aliphatic hydroxyl groups excluding tert-OH is 1. The highest BCUT2D eigenvalue weighted by Crippen LogP contribution is 2.07. The number of benzene rings is 1. The van der Waals surface area contributed by atoms with Crippen LogP contribution in [0, 0.1) is 6.92 Å². The molecule has 1 aromatic carbocycles. The quantitative estimate of drug-likeness (QED) is 0.736. The van der Waals surface area contributed by atoms with E-state index < -0.39 is 6.10 Å². The first-order chi connectivity index (χ1) is 9.01. The third-order valence-electron chi connectivity index (χ3n) is 2.99. The summed E-state index contributed by atoms with van der Waals surface area (Å²) in [6.07, 6.45) is 1.16. The second kappa shape index (κ2) is 7.79. The smallest absolute Gasteiger partial charge is 0.315 e. The Balaban J connectivity index is 2.45. The SMILES string of the molecule is CCC(Cc1ccc(C)cc1)NC(=O)NC[C@H](C)O. The van der Waals surface area contributed by atoms with Gasteiger partial charge >= 0.3 is 6.03 Å². The van der Waals surface area contributed by atoms with Crippen LogP contribution >= 0.6 is 0 Å². The van der Waals surface area contributed by atoms with Crippen molar-refractivity contribution in [3.8, 4) is 0 Å². The normalized spacial score (nSPS) is 13.7. The van der Waals surface area contributed by atoms with Gasteiger partial charge in [0.25, 0.3) is 0 Å². The fourth-order valence-corrected chi connectivity index (χ4v) is 1.78. The molecule has 0 radical (unpaired) electrons. The molecular weight excluding hydrogens is 240 g/mol. The predicted molar refractivity (Wildman–Crippen MR) is 77.2 cm³/mol. The van der Waals surface area contributed by atoms with Crippen LogP contribution in [-0.4, -0.2) is 29.8 Å². The summed E-state index contributed by atoms with van der Waals surface area (Å²) >= 11 is 0. The number of nitrogens with one attached hydrogen (secondary N) is 2. The lowest BCUT2D eigenvalue weighted by Crippen LogP contribution is -2.44. The van der Waals surface area contributed by atoms with Crippen LogP contribution in [0.3, 0.4) is 0 Å².